The molecule has 136 valence electrons. The van der Waals surface area contributed by atoms with E-state index in [0.717, 1.165) is 49.5 Å². The fourth-order valence-electron chi connectivity index (χ4n) is 3.51. The highest BCUT2D eigenvalue weighted by Crippen LogP contribution is 2.37. The molecule has 1 aromatic carbocycles. The van der Waals surface area contributed by atoms with Crippen molar-refractivity contribution in [1.82, 2.24) is 4.90 Å². The number of carbonyl (C=O) groups excluding carboxylic acids is 1. The van der Waals surface area contributed by atoms with E-state index in [1.54, 1.807) is 11.3 Å². The van der Waals surface area contributed by atoms with Crippen molar-refractivity contribution >= 4 is 22.2 Å². The van der Waals surface area contributed by atoms with Crippen LogP contribution in [0.5, 0.6) is 0 Å². The van der Waals surface area contributed by atoms with Gasteiger partial charge in [-0.15, -0.1) is 11.3 Å². The third kappa shape index (κ3) is 3.98. The zero-order valence-electron chi connectivity index (χ0n) is 15.4. The fraction of sp³-hybridized carbons (Fsp3) is 0.429. The van der Waals surface area contributed by atoms with Crippen molar-refractivity contribution in [2.45, 2.75) is 46.2 Å². The third-order valence-electron chi connectivity index (χ3n) is 5.09. The first kappa shape index (κ1) is 18.6. The van der Waals surface area contributed by atoms with Crippen LogP contribution < -0.4 is 5.32 Å². The first-order chi connectivity index (χ1) is 12.7. The number of hydrogen-bond donors (Lipinski definition) is 1. The molecular formula is C21H25N3OS. The molecule has 1 amide bonds. The first-order valence-electron chi connectivity index (χ1n) is 9.28. The zero-order chi connectivity index (χ0) is 18.5. The summed E-state index contributed by atoms with van der Waals surface area (Å²) < 4.78 is 0. The van der Waals surface area contributed by atoms with E-state index in [9.17, 15) is 10.1 Å². The molecule has 0 aliphatic carbocycles. The minimum atomic E-state index is 0.00949. The van der Waals surface area contributed by atoms with E-state index < -0.39 is 0 Å². The minimum absolute atomic E-state index is 0.00949. The lowest BCUT2D eigenvalue weighted by molar-refractivity contribution is -0.120. The van der Waals surface area contributed by atoms with Gasteiger partial charge in [-0.1, -0.05) is 44.2 Å². The highest BCUT2D eigenvalue weighted by Gasteiger charge is 2.26. The number of nitriles is 1. The summed E-state index contributed by atoms with van der Waals surface area (Å²) in [5, 5.41) is 13.4. The van der Waals surface area contributed by atoms with E-state index >= 15 is 0 Å². The van der Waals surface area contributed by atoms with Crippen LogP contribution in [0.1, 0.15) is 48.3 Å². The Morgan fingerprint density at radius 2 is 2.04 bits per heavy atom. The van der Waals surface area contributed by atoms with E-state index in [0.29, 0.717) is 5.56 Å². The van der Waals surface area contributed by atoms with Crippen LogP contribution >= 0.6 is 11.3 Å². The molecule has 26 heavy (non-hydrogen) atoms. The summed E-state index contributed by atoms with van der Waals surface area (Å²) in [5.74, 6) is 0.0430. The topological polar surface area (TPSA) is 56.1 Å². The van der Waals surface area contributed by atoms with Gasteiger partial charge >= 0.3 is 0 Å². The summed E-state index contributed by atoms with van der Waals surface area (Å²) in [6.07, 6.45) is 2.50. The maximum Gasteiger partial charge on any atom is 0.228 e. The SMILES string of the molecule is CCC(CC)C(=O)Nc1sc2c(c1C#N)CCN(Cc1ccccc1)C2. The molecule has 1 aromatic heterocycles. The molecule has 3 rings (SSSR count). The van der Waals surface area contributed by atoms with Gasteiger partial charge in [-0.05, 0) is 30.4 Å². The monoisotopic (exact) mass is 367 g/mol. The average Bonchev–Trinajstić information content (AvgIpc) is 2.99. The van der Waals surface area contributed by atoms with E-state index in [1.165, 1.54) is 10.4 Å². The second-order valence-electron chi connectivity index (χ2n) is 6.77. The van der Waals surface area contributed by atoms with Crippen molar-refractivity contribution in [3.63, 3.8) is 0 Å². The maximum absolute atomic E-state index is 12.4. The van der Waals surface area contributed by atoms with Crippen molar-refractivity contribution < 1.29 is 4.79 Å². The Morgan fingerprint density at radius 3 is 2.69 bits per heavy atom. The molecule has 0 saturated carbocycles. The van der Waals surface area contributed by atoms with Gasteiger partial charge in [0.05, 0.1) is 5.56 Å². The number of carbonyl (C=O) groups is 1. The van der Waals surface area contributed by atoms with Crippen LogP contribution in [0.25, 0.3) is 0 Å². The van der Waals surface area contributed by atoms with Gasteiger partial charge in [0.25, 0.3) is 0 Å². The van der Waals surface area contributed by atoms with E-state index in [1.807, 2.05) is 19.9 Å². The Hall–Kier alpha value is -2.16. The molecule has 0 atom stereocenters. The molecule has 2 aromatic rings. The highest BCUT2D eigenvalue weighted by atomic mass is 32.1. The van der Waals surface area contributed by atoms with Gasteiger partial charge in [0.2, 0.25) is 5.91 Å². The second kappa shape index (κ2) is 8.48. The zero-order valence-corrected chi connectivity index (χ0v) is 16.2. The van der Waals surface area contributed by atoms with Crippen LogP contribution in [0.3, 0.4) is 0 Å². The standard InChI is InChI=1S/C21H25N3OS/c1-3-16(4-2)20(25)23-21-18(12-22)17-10-11-24(14-19(17)26-21)13-15-8-6-5-7-9-15/h5-9,16H,3-4,10-11,13-14H2,1-2H3,(H,23,25). The van der Waals surface area contributed by atoms with Crippen molar-refractivity contribution in [2.24, 2.45) is 5.92 Å². The molecule has 1 aliphatic rings. The van der Waals surface area contributed by atoms with Crippen LogP contribution in [0.15, 0.2) is 30.3 Å². The molecule has 0 radical (unpaired) electrons. The van der Waals surface area contributed by atoms with Crippen LogP contribution in [0, 0.1) is 17.2 Å². The normalized spacial score (nSPS) is 14.1. The molecule has 0 spiro atoms. The summed E-state index contributed by atoms with van der Waals surface area (Å²) in [4.78, 5) is 16.1. The Morgan fingerprint density at radius 1 is 1.31 bits per heavy atom. The Bertz CT molecular complexity index is 803. The molecule has 1 aliphatic heterocycles. The molecule has 4 nitrogen and oxygen atoms in total. The number of anilines is 1. The summed E-state index contributed by atoms with van der Waals surface area (Å²) in [5.41, 5.74) is 3.10. The van der Waals surface area contributed by atoms with Gasteiger partial charge in [-0.2, -0.15) is 5.26 Å². The van der Waals surface area contributed by atoms with E-state index in [-0.39, 0.29) is 11.8 Å². The minimum Gasteiger partial charge on any atom is -0.316 e. The first-order valence-corrected chi connectivity index (χ1v) is 10.1. The lowest BCUT2D eigenvalue weighted by Gasteiger charge is -2.26. The molecule has 0 unspecified atom stereocenters. The molecule has 5 heteroatoms. The molecule has 2 heterocycles. The summed E-state index contributed by atoms with van der Waals surface area (Å²) in [6.45, 7) is 6.74. The van der Waals surface area contributed by atoms with Crippen LogP contribution in [0.4, 0.5) is 5.00 Å². The van der Waals surface area contributed by atoms with Crippen molar-refractivity contribution in [1.29, 1.82) is 5.26 Å². The van der Waals surface area contributed by atoms with Gasteiger partial charge in [0.1, 0.15) is 11.1 Å². The highest BCUT2D eigenvalue weighted by molar-refractivity contribution is 7.16. The number of nitrogens with zero attached hydrogens (tertiary/aromatic N) is 2. The molecule has 0 bridgehead atoms. The van der Waals surface area contributed by atoms with Gasteiger partial charge in [0, 0.05) is 30.4 Å². The van der Waals surface area contributed by atoms with Crippen molar-refractivity contribution in [2.75, 3.05) is 11.9 Å². The summed E-state index contributed by atoms with van der Waals surface area (Å²) in [7, 11) is 0. The van der Waals surface area contributed by atoms with Gasteiger partial charge < -0.3 is 5.32 Å². The lowest BCUT2D eigenvalue weighted by Crippen LogP contribution is -2.29. The van der Waals surface area contributed by atoms with E-state index in [4.69, 9.17) is 0 Å². The summed E-state index contributed by atoms with van der Waals surface area (Å²) >= 11 is 1.57. The molecule has 1 N–H and O–H groups in total. The summed E-state index contributed by atoms with van der Waals surface area (Å²) in [6, 6.07) is 12.8. The predicted octanol–water partition coefficient (Wildman–Crippen LogP) is 4.55. The van der Waals surface area contributed by atoms with Crippen molar-refractivity contribution in [3.8, 4) is 6.07 Å². The Kier molecular flexibility index (Phi) is 6.08. The fourth-order valence-corrected chi connectivity index (χ4v) is 4.76. The number of nitrogens with one attached hydrogen (secondary N) is 1. The number of hydrogen-bond acceptors (Lipinski definition) is 4. The molecular weight excluding hydrogens is 342 g/mol. The third-order valence-corrected chi connectivity index (χ3v) is 6.22. The number of thiophene rings is 1. The number of benzene rings is 1. The largest absolute Gasteiger partial charge is 0.316 e. The number of fused-ring (bicyclic) bond motifs is 1. The number of rotatable bonds is 6. The van der Waals surface area contributed by atoms with Gasteiger partial charge in [-0.25, -0.2) is 0 Å². The maximum atomic E-state index is 12.4. The Labute approximate surface area is 159 Å². The molecule has 0 fully saturated rings. The van der Waals surface area contributed by atoms with Gasteiger partial charge in [-0.3, -0.25) is 9.69 Å². The molecule has 0 saturated heterocycles. The Balaban J connectivity index is 1.76. The second-order valence-corrected chi connectivity index (χ2v) is 7.87. The average molecular weight is 368 g/mol. The van der Waals surface area contributed by atoms with Gasteiger partial charge in [0.15, 0.2) is 0 Å². The quantitative estimate of drug-likeness (QED) is 0.815. The van der Waals surface area contributed by atoms with Crippen LogP contribution in [-0.2, 0) is 24.3 Å². The van der Waals surface area contributed by atoms with Crippen LogP contribution in [0.2, 0.25) is 0 Å². The van der Waals surface area contributed by atoms with Crippen LogP contribution in [-0.4, -0.2) is 17.4 Å². The number of amides is 1. The van der Waals surface area contributed by atoms with E-state index in [2.05, 4.69) is 40.6 Å². The smallest absolute Gasteiger partial charge is 0.228 e. The van der Waals surface area contributed by atoms with Crippen molar-refractivity contribution in [3.05, 3.63) is 51.9 Å². The predicted molar refractivity (Wildman–Crippen MR) is 106 cm³/mol. The lowest BCUT2D eigenvalue weighted by atomic mass is 10.0.